The molecule has 0 fully saturated rings. The van der Waals surface area contributed by atoms with Crippen molar-refractivity contribution in [1.82, 2.24) is 9.55 Å². The van der Waals surface area contributed by atoms with Gasteiger partial charge in [-0.1, -0.05) is 18.2 Å². The molecule has 0 aliphatic carbocycles. The van der Waals surface area contributed by atoms with Gasteiger partial charge in [-0.15, -0.1) is 0 Å². The number of aromatic nitrogens is 2. The maximum absolute atomic E-state index is 12.9. The van der Waals surface area contributed by atoms with Gasteiger partial charge in [-0.3, -0.25) is 9.59 Å². The second-order valence-corrected chi connectivity index (χ2v) is 6.64. The number of hydrogen-bond donors (Lipinski definition) is 2. The monoisotopic (exact) mass is 407 g/mol. The van der Waals surface area contributed by atoms with E-state index in [2.05, 4.69) is 10.3 Å². The number of para-hydroxylation sites is 1. The first kappa shape index (κ1) is 20.8. The fourth-order valence-corrected chi connectivity index (χ4v) is 2.90. The lowest BCUT2D eigenvalue weighted by Gasteiger charge is -2.11. The average Bonchev–Trinajstić information content (AvgIpc) is 2.71. The van der Waals surface area contributed by atoms with Crippen molar-refractivity contribution >= 4 is 17.6 Å². The maximum atomic E-state index is 12.9. The minimum absolute atomic E-state index is 0.159. The number of aryl methyl sites for hydroxylation is 2. The maximum Gasteiger partial charge on any atom is 0.340 e. The Morgan fingerprint density at radius 2 is 1.77 bits per heavy atom. The fraction of sp³-hybridized carbons (Fsp3) is 0.182. The summed E-state index contributed by atoms with van der Waals surface area (Å²) in [5, 5.41) is 2.55. The van der Waals surface area contributed by atoms with E-state index in [-0.39, 0.29) is 23.4 Å². The van der Waals surface area contributed by atoms with Crippen molar-refractivity contribution < 1.29 is 14.3 Å². The number of amides is 1. The van der Waals surface area contributed by atoms with Gasteiger partial charge in [0.25, 0.3) is 11.5 Å². The Kier molecular flexibility index (Phi) is 5.96. The predicted molar refractivity (Wildman–Crippen MR) is 112 cm³/mol. The molecule has 1 aromatic heterocycles. The normalized spacial score (nSPS) is 10.5. The summed E-state index contributed by atoms with van der Waals surface area (Å²) < 4.78 is 5.89. The van der Waals surface area contributed by atoms with Crippen LogP contribution in [0.2, 0.25) is 0 Å². The summed E-state index contributed by atoms with van der Waals surface area (Å²) >= 11 is 0. The van der Waals surface area contributed by atoms with E-state index in [1.54, 1.807) is 37.3 Å². The van der Waals surface area contributed by atoms with Crippen LogP contribution in [0.3, 0.4) is 0 Å². The predicted octanol–water partition coefficient (Wildman–Crippen LogP) is 2.57. The van der Waals surface area contributed by atoms with Crippen molar-refractivity contribution in [2.75, 3.05) is 11.9 Å². The quantitative estimate of drug-likeness (QED) is 0.632. The highest BCUT2D eigenvalue weighted by Crippen LogP contribution is 2.17. The van der Waals surface area contributed by atoms with Crippen molar-refractivity contribution in [2.45, 2.75) is 20.8 Å². The summed E-state index contributed by atoms with van der Waals surface area (Å²) in [6, 6.07) is 11.4. The van der Waals surface area contributed by atoms with Crippen molar-refractivity contribution in [3.05, 3.63) is 91.8 Å². The Morgan fingerprint density at radius 3 is 2.47 bits per heavy atom. The smallest absolute Gasteiger partial charge is 0.340 e. The molecule has 1 amide bonds. The molecule has 0 radical (unpaired) electrons. The number of ether oxygens (including phenoxy) is 1. The molecule has 30 heavy (non-hydrogen) atoms. The Balaban J connectivity index is 2.01. The van der Waals surface area contributed by atoms with Gasteiger partial charge < -0.3 is 15.0 Å². The van der Waals surface area contributed by atoms with Crippen molar-refractivity contribution in [1.29, 1.82) is 0 Å². The molecule has 8 heteroatoms. The number of nitrogens with one attached hydrogen (secondary N) is 2. The number of nitrogens with zero attached hydrogens (tertiary/aromatic N) is 1. The summed E-state index contributed by atoms with van der Waals surface area (Å²) in [5.41, 5.74) is 0.915. The zero-order valence-electron chi connectivity index (χ0n) is 16.8. The fourth-order valence-electron chi connectivity index (χ4n) is 2.90. The minimum atomic E-state index is -0.770. The van der Waals surface area contributed by atoms with Crippen LogP contribution in [-0.4, -0.2) is 28.0 Å². The summed E-state index contributed by atoms with van der Waals surface area (Å²) in [6.45, 7) is 5.63. The molecule has 0 atom stereocenters. The van der Waals surface area contributed by atoms with Crippen LogP contribution in [0.5, 0.6) is 0 Å². The summed E-state index contributed by atoms with van der Waals surface area (Å²) in [7, 11) is 0. The third-order valence-corrected chi connectivity index (χ3v) is 4.64. The van der Waals surface area contributed by atoms with Gasteiger partial charge in [0.05, 0.1) is 23.5 Å². The molecule has 154 valence electrons. The summed E-state index contributed by atoms with van der Waals surface area (Å²) in [6.07, 6.45) is 1.06. The first-order valence-corrected chi connectivity index (χ1v) is 9.33. The van der Waals surface area contributed by atoms with Crippen LogP contribution >= 0.6 is 0 Å². The van der Waals surface area contributed by atoms with Gasteiger partial charge in [0.1, 0.15) is 5.56 Å². The molecule has 8 nitrogen and oxygen atoms in total. The molecule has 3 aromatic rings. The van der Waals surface area contributed by atoms with Crippen LogP contribution in [0.15, 0.2) is 58.3 Å². The van der Waals surface area contributed by atoms with Crippen molar-refractivity contribution in [2.24, 2.45) is 0 Å². The Labute approximate surface area is 172 Å². The Bertz CT molecular complexity index is 1240. The number of esters is 1. The van der Waals surface area contributed by atoms with Crippen LogP contribution in [-0.2, 0) is 4.74 Å². The number of carbonyl (C=O) groups excluding carboxylic acids is 2. The number of H-pyrrole nitrogens is 1. The van der Waals surface area contributed by atoms with E-state index >= 15 is 0 Å². The second-order valence-electron chi connectivity index (χ2n) is 6.64. The van der Waals surface area contributed by atoms with E-state index in [1.165, 1.54) is 12.1 Å². The lowest BCUT2D eigenvalue weighted by Crippen LogP contribution is -2.38. The minimum Gasteiger partial charge on any atom is -0.462 e. The number of aromatic amines is 1. The van der Waals surface area contributed by atoms with Gasteiger partial charge in [0, 0.05) is 6.20 Å². The third kappa shape index (κ3) is 4.07. The van der Waals surface area contributed by atoms with Gasteiger partial charge in [-0.25, -0.2) is 14.2 Å². The third-order valence-electron chi connectivity index (χ3n) is 4.64. The Morgan fingerprint density at radius 1 is 1.03 bits per heavy atom. The first-order valence-electron chi connectivity index (χ1n) is 9.33. The second kappa shape index (κ2) is 8.60. The van der Waals surface area contributed by atoms with Gasteiger partial charge >= 0.3 is 11.7 Å². The van der Waals surface area contributed by atoms with Crippen molar-refractivity contribution in [3.63, 3.8) is 0 Å². The molecule has 3 rings (SSSR count). The molecule has 2 N–H and O–H groups in total. The van der Waals surface area contributed by atoms with Crippen LogP contribution in [0.1, 0.15) is 38.8 Å². The summed E-state index contributed by atoms with van der Waals surface area (Å²) in [4.78, 5) is 52.5. The molecule has 2 aromatic carbocycles. The highest BCUT2D eigenvalue weighted by atomic mass is 16.5. The zero-order valence-corrected chi connectivity index (χ0v) is 16.8. The highest BCUT2D eigenvalue weighted by Gasteiger charge is 2.19. The molecule has 0 spiro atoms. The first-order chi connectivity index (χ1) is 14.3. The molecule has 1 heterocycles. The highest BCUT2D eigenvalue weighted by molar-refractivity contribution is 6.07. The van der Waals surface area contributed by atoms with Crippen LogP contribution < -0.4 is 16.6 Å². The van der Waals surface area contributed by atoms with E-state index in [0.717, 1.165) is 21.9 Å². The van der Waals surface area contributed by atoms with Crippen molar-refractivity contribution in [3.8, 4) is 5.69 Å². The molecule has 0 unspecified atom stereocenters. The number of rotatable bonds is 5. The molecule has 0 saturated carbocycles. The van der Waals surface area contributed by atoms with E-state index in [1.807, 2.05) is 13.8 Å². The van der Waals surface area contributed by atoms with E-state index < -0.39 is 23.1 Å². The molecular formula is C22H21N3O5. The number of carbonyl (C=O) groups is 2. The Hall–Kier alpha value is -3.94. The zero-order chi connectivity index (χ0) is 21.8. The molecule has 0 aliphatic rings. The van der Waals surface area contributed by atoms with Gasteiger partial charge in [0.2, 0.25) is 0 Å². The largest absolute Gasteiger partial charge is 0.462 e. The number of hydrogen-bond acceptors (Lipinski definition) is 5. The topological polar surface area (TPSA) is 110 Å². The van der Waals surface area contributed by atoms with E-state index in [4.69, 9.17) is 4.74 Å². The standard InChI is InChI=1S/C22H21N3O5/c1-4-30-21(28)16-7-5-6-8-18(16)24-19(26)17-12-23-22(29)25(20(17)27)15-10-9-13(2)14(3)11-15/h5-12H,4H2,1-3H3,(H,23,29)(H,24,26). The lowest BCUT2D eigenvalue weighted by molar-refractivity contribution is 0.0527. The molecule has 0 saturated heterocycles. The summed E-state index contributed by atoms with van der Waals surface area (Å²) in [5.74, 6) is -1.35. The van der Waals surface area contributed by atoms with Crippen LogP contribution in [0, 0.1) is 13.8 Å². The van der Waals surface area contributed by atoms with Gasteiger partial charge in [0.15, 0.2) is 0 Å². The average molecular weight is 407 g/mol. The van der Waals surface area contributed by atoms with E-state index in [9.17, 15) is 19.2 Å². The molecular weight excluding hydrogens is 386 g/mol. The van der Waals surface area contributed by atoms with Crippen LogP contribution in [0.4, 0.5) is 5.69 Å². The molecule has 0 bridgehead atoms. The lowest BCUT2D eigenvalue weighted by atomic mass is 10.1. The van der Waals surface area contributed by atoms with Crippen LogP contribution in [0.25, 0.3) is 5.69 Å². The number of benzene rings is 2. The van der Waals surface area contributed by atoms with Gasteiger partial charge in [-0.05, 0) is 56.2 Å². The SMILES string of the molecule is CCOC(=O)c1ccccc1NC(=O)c1c[nH]c(=O)n(-c2ccc(C)c(C)c2)c1=O. The van der Waals surface area contributed by atoms with Gasteiger partial charge in [-0.2, -0.15) is 0 Å². The number of anilines is 1. The molecule has 0 aliphatic heterocycles. The van der Waals surface area contributed by atoms with E-state index in [0.29, 0.717) is 5.69 Å².